The van der Waals surface area contributed by atoms with Crippen molar-refractivity contribution in [2.75, 3.05) is 13.2 Å². The van der Waals surface area contributed by atoms with Crippen LogP contribution in [-0.4, -0.2) is 97.8 Å². The van der Waals surface area contributed by atoms with Crippen LogP contribution in [0.5, 0.6) is 0 Å². The molecule has 0 unspecified atom stereocenters. The molecule has 15 atom stereocenters. The molecule has 6 rings (SSSR count). The quantitative estimate of drug-likeness (QED) is 0.177. The van der Waals surface area contributed by atoms with Gasteiger partial charge in [-0.15, -0.1) is 0 Å². The second-order valence-corrected chi connectivity index (χ2v) is 17.9. The highest BCUT2D eigenvalue weighted by molar-refractivity contribution is 5.79. The van der Waals surface area contributed by atoms with Crippen molar-refractivity contribution in [1.29, 1.82) is 0 Å². The van der Waals surface area contributed by atoms with Gasteiger partial charge in [0.1, 0.15) is 24.4 Å². The number of hydrogen-bond acceptors (Lipinski definition) is 10. The van der Waals surface area contributed by atoms with Crippen LogP contribution in [0.15, 0.2) is 11.6 Å². The van der Waals surface area contributed by atoms with Crippen LogP contribution in [-0.2, 0) is 14.3 Å². The fraction of sp³-hybridized carbons (Fsp3) is 0.917. The molecule has 0 amide bonds. The molecule has 0 aromatic carbocycles. The third-order valence-corrected chi connectivity index (χ3v) is 15.2. The van der Waals surface area contributed by atoms with Gasteiger partial charge in [0.25, 0.3) is 0 Å². The van der Waals surface area contributed by atoms with Gasteiger partial charge in [0.15, 0.2) is 0 Å². The van der Waals surface area contributed by atoms with Crippen molar-refractivity contribution in [1.82, 2.24) is 0 Å². The molecule has 1 heterocycles. The SMILES string of the molecule is CC1(C)CC[C@]2(C(=O)O[C@@H]3O[C@H](CO)[C@@H](O)[C@H](O)[C@H]3O)CC[C@]3(C)C(=CC[C@H]4[C@@]5(C)C[C@@H](O)[C@H](O)[C@@](C)(CO)[C@@H]5CC[C@]43C)[C@@H]2C1. The second-order valence-electron chi connectivity index (χ2n) is 17.9. The molecule has 0 aromatic heterocycles. The molecule has 1 aliphatic heterocycles. The average molecular weight is 651 g/mol. The molecule has 4 saturated carbocycles. The fourth-order valence-electron chi connectivity index (χ4n) is 12.1. The second kappa shape index (κ2) is 11.2. The van der Waals surface area contributed by atoms with E-state index in [4.69, 9.17) is 9.47 Å². The van der Waals surface area contributed by atoms with Crippen LogP contribution in [0.2, 0.25) is 0 Å². The lowest BCUT2D eigenvalue weighted by Gasteiger charge is -2.71. The van der Waals surface area contributed by atoms with Crippen molar-refractivity contribution >= 4 is 5.97 Å². The van der Waals surface area contributed by atoms with E-state index in [1.807, 2.05) is 6.92 Å². The van der Waals surface area contributed by atoms with E-state index in [0.29, 0.717) is 19.3 Å². The Morgan fingerprint density at radius 3 is 2.20 bits per heavy atom. The standard InChI is InChI=1S/C36H58O10/c1-31(2)11-13-36(30(44)46-29-27(42)26(41)25(40)22(17-37)45-29)14-12-34(5)19(20(36)15-31)7-8-24-32(3)16-21(39)28(43)33(4,18-38)23(32)9-10-35(24,34)6/h7,20-29,37-43H,8-18H2,1-6H3/t20-,21+,22+,23+,24-,25+,26-,27+,28-,29-,32-,33-,34+,35+,36-/m0/s1. The van der Waals surface area contributed by atoms with E-state index in [0.717, 1.165) is 38.5 Å². The number of fused-ring (bicyclic) bond motifs is 7. The minimum atomic E-state index is -1.65. The molecular formula is C36H58O10. The maximum Gasteiger partial charge on any atom is 0.315 e. The fourth-order valence-corrected chi connectivity index (χ4v) is 12.1. The number of esters is 1. The molecule has 6 aliphatic rings. The Bertz CT molecular complexity index is 1240. The first-order valence-corrected chi connectivity index (χ1v) is 17.5. The predicted octanol–water partition coefficient (Wildman–Crippen LogP) is 2.44. The van der Waals surface area contributed by atoms with E-state index in [1.165, 1.54) is 5.57 Å². The molecule has 1 saturated heterocycles. The summed E-state index contributed by atoms with van der Waals surface area (Å²) in [5, 5.41) is 73.8. The van der Waals surface area contributed by atoms with Gasteiger partial charge in [0.2, 0.25) is 6.29 Å². The third kappa shape index (κ3) is 4.60. The molecule has 10 nitrogen and oxygen atoms in total. The summed E-state index contributed by atoms with van der Waals surface area (Å²) in [6, 6.07) is 0. The number of carbonyl (C=O) groups excluding carboxylic acids is 1. The summed E-state index contributed by atoms with van der Waals surface area (Å²) in [5.41, 5.74) is -1.02. The zero-order valence-electron chi connectivity index (χ0n) is 28.5. The molecule has 0 spiro atoms. The van der Waals surface area contributed by atoms with E-state index in [9.17, 15) is 40.5 Å². The van der Waals surface area contributed by atoms with Crippen LogP contribution in [0.1, 0.15) is 99.3 Å². The van der Waals surface area contributed by atoms with Crippen LogP contribution < -0.4 is 0 Å². The molecule has 0 bridgehead atoms. The lowest BCUT2D eigenvalue weighted by molar-refractivity contribution is -0.297. The highest BCUT2D eigenvalue weighted by atomic mass is 16.7. The summed E-state index contributed by atoms with van der Waals surface area (Å²) < 4.78 is 11.5. The van der Waals surface area contributed by atoms with Crippen LogP contribution in [0.25, 0.3) is 0 Å². The normalized spacial score (nSPS) is 54.8. The first-order chi connectivity index (χ1) is 21.3. The molecular weight excluding hydrogens is 592 g/mol. The minimum Gasteiger partial charge on any atom is -0.432 e. The topological polar surface area (TPSA) is 177 Å². The molecule has 5 aliphatic carbocycles. The number of rotatable bonds is 4. The number of aliphatic hydroxyl groups excluding tert-OH is 7. The van der Waals surface area contributed by atoms with Crippen molar-refractivity contribution < 1.29 is 50.0 Å². The van der Waals surface area contributed by atoms with Crippen molar-refractivity contribution in [2.24, 2.45) is 50.2 Å². The molecule has 5 fully saturated rings. The molecule has 0 radical (unpaired) electrons. The van der Waals surface area contributed by atoms with Gasteiger partial charge in [0, 0.05) is 5.41 Å². The number of aliphatic hydroxyl groups is 7. The van der Waals surface area contributed by atoms with Crippen molar-refractivity contribution in [3.63, 3.8) is 0 Å². The van der Waals surface area contributed by atoms with E-state index in [1.54, 1.807) is 0 Å². The predicted molar refractivity (Wildman–Crippen MR) is 168 cm³/mol. The highest BCUT2D eigenvalue weighted by Crippen LogP contribution is 2.75. The Labute approximate surface area is 273 Å². The lowest BCUT2D eigenvalue weighted by Crippen LogP contribution is -2.68. The van der Waals surface area contributed by atoms with E-state index in [2.05, 4.69) is 40.7 Å². The number of hydrogen-bond donors (Lipinski definition) is 7. The van der Waals surface area contributed by atoms with Gasteiger partial charge in [-0.1, -0.05) is 53.2 Å². The number of carbonyl (C=O) groups is 1. The largest absolute Gasteiger partial charge is 0.432 e. The van der Waals surface area contributed by atoms with Gasteiger partial charge in [0.05, 0.1) is 30.8 Å². The Hall–Kier alpha value is -1.11. The van der Waals surface area contributed by atoms with Gasteiger partial charge in [-0.05, 0) is 97.2 Å². The van der Waals surface area contributed by atoms with Gasteiger partial charge in [-0.3, -0.25) is 4.79 Å². The summed E-state index contributed by atoms with van der Waals surface area (Å²) in [5.74, 6) is -0.293. The summed E-state index contributed by atoms with van der Waals surface area (Å²) in [4.78, 5) is 14.4. The molecule has 46 heavy (non-hydrogen) atoms. The Kier molecular flexibility index (Phi) is 8.46. The Morgan fingerprint density at radius 2 is 1.54 bits per heavy atom. The maximum atomic E-state index is 14.4. The first kappa shape index (κ1) is 34.7. The zero-order chi connectivity index (χ0) is 33.8. The van der Waals surface area contributed by atoms with E-state index in [-0.39, 0.29) is 46.0 Å². The Morgan fingerprint density at radius 1 is 0.870 bits per heavy atom. The summed E-state index contributed by atoms with van der Waals surface area (Å²) >= 11 is 0. The Balaban J connectivity index is 1.36. The summed E-state index contributed by atoms with van der Waals surface area (Å²) in [6.45, 7) is 12.7. The van der Waals surface area contributed by atoms with Crippen LogP contribution in [0, 0.1) is 50.2 Å². The van der Waals surface area contributed by atoms with Gasteiger partial charge in [-0.25, -0.2) is 0 Å². The van der Waals surface area contributed by atoms with Crippen molar-refractivity contribution in [3.8, 4) is 0 Å². The van der Waals surface area contributed by atoms with Crippen LogP contribution in [0.3, 0.4) is 0 Å². The molecule has 10 heteroatoms. The van der Waals surface area contributed by atoms with Gasteiger partial charge in [-0.2, -0.15) is 0 Å². The molecule has 262 valence electrons. The zero-order valence-corrected chi connectivity index (χ0v) is 28.5. The molecule has 7 N–H and O–H groups in total. The number of ether oxygens (including phenoxy) is 2. The van der Waals surface area contributed by atoms with Crippen LogP contribution >= 0.6 is 0 Å². The summed E-state index contributed by atoms with van der Waals surface area (Å²) in [6.07, 6.45) is -0.357. The average Bonchev–Trinajstić information content (AvgIpc) is 3.00. The van der Waals surface area contributed by atoms with Gasteiger partial charge >= 0.3 is 5.97 Å². The minimum absolute atomic E-state index is 0.00930. The van der Waals surface area contributed by atoms with Crippen molar-refractivity contribution in [3.05, 3.63) is 11.6 Å². The highest BCUT2D eigenvalue weighted by Gasteiger charge is 2.71. The monoisotopic (exact) mass is 650 g/mol. The van der Waals surface area contributed by atoms with E-state index >= 15 is 0 Å². The molecule has 0 aromatic rings. The maximum absolute atomic E-state index is 14.4. The van der Waals surface area contributed by atoms with Crippen LogP contribution in [0.4, 0.5) is 0 Å². The smallest absolute Gasteiger partial charge is 0.315 e. The van der Waals surface area contributed by atoms with Crippen molar-refractivity contribution in [2.45, 2.75) is 142 Å². The van der Waals surface area contributed by atoms with E-state index < -0.39 is 66.3 Å². The third-order valence-electron chi connectivity index (χ3n) is 15.2. The van der Waals surface area contributed by atoms with Gasteiger partial charge < -0.3 is 45.2 Å². The number of allylic oxidation sites excluding steroid dienone is 2. The summed E-state index contributed by atoms with van der Waals surface area (Å²) in [7, 11) is 0. The first-order valence-electron chi connectivity index (χ1n) is 17.5. The lowest BCUT2D eigenvalue weighted by atomic mass is 9.33.